The normalized spacial score (nSPS) is 12.0. The van der Waals surface area contributed by atoms with Gasteiger partial charge in [0.15, 0.2) is 0 Å². The minimum Gasteiger partial charge on any atom is -0.356 e. The number of aromatic nitrogens is 2. The molecule has 1 amide bonds. The van der Waals surface area contributed by atoms with Gasteiger partial charge in [-0.25, -0.2) is 4.79 Å². The molecule has 1 aromatic carbocycles. The van der Waals surface area contributed by atoms with Crippen molar-refractivity contribution < 1.29 is 4.79 Å². The standard InChI is InChI=1S/C17H26N4O2.ClH/c1-3-9-20-14-6-4-5-7-15(14)21(17(20)23)10-8-16(22)19-12-13(2)11-18;/h4-7,13H,3,8-12,18H2,1-2H3,(H,19,22);1H. The number of halogens is 1. The third kappa shape index (κ3) is 4.61. The molecule has 0 spiro atoms. The van der Waals surface area contributed by atoms with Crippen molar-refractivity contribution in [2.24, 2.45) is 11.7 Å². The van der Waals surface area contributed by atoms with Gasteiger partial charge >= 0.3 is 5.69 Å². The van der Waals surface area contributed by atoms with Crippen LogP contribution in [0.25, 0.3) is 11.0 Å². The number of nitrogens with one attached hydrogen (secondary N) is 1. The Morgan fingerprint density at radius 3 is 2.33 bits per heavy atom. The summed E-state index contributed by atoms with van der Waals surface area (Å²) in [7, 11) is 0. The van der Waals surface area contributed by atoms with E-state index < -0.39 is 0 Å². The summed E-state index contributed by atoms with van der Waals surface area (Å²) >= 11 is 0. The number of fused-ring (bicyclic) bond motifs is 1. The van der Waals surface area contributed by atoms with Gasteiger partial charge in [0.05, 0.1) is 11.0 Å². The quantitative estimate of drug-likeness (QED) is 0.757. The first kappa shape index (κ1) is 20.3. The van der Waals surface area contributed by atoms with Crippen molar-refractivity contribution in [3.8, 4) is 0 Å². The maximum absolute atomic E-state index is 12.6. The molecule has 0 aliphatic heterocycles. The van der Waals surface area contributed by atoms with Crippen molar-refractivity contribution in [2.45, 2.75) is 39.8 Å². The number of carbonyl (C=O) groups is 1. The van der Waals surface area contributed by atoms with Gasteiger partial charge in [0.2, 0.25) is 5.91 Å². The number of rotatable bonds is 8. The summed E-state index contributed by atoms with van der Waals surface area (Å²) in [6.45, 7) is 6.23. The van der Waals surface area contributed by atoms with E-state index in [0.29, 0.717) is 26.2 Å². The second kappa shape index (κ2) is 9.49. The van der Waals surface area contributed by atoms with Crippen LogP contribution in [0.1, 0.15) is 26.7 Å². The minimum atomic E-state index is -0.0514. The van der Waals surface area contributed by atoms with E-state index in [9.17, 15) is 9.59 Å². The molecule has 0 aliphatic rings. The topological polar surface area (TPSA) is 82.0 Å². The monoisotopic (exact) mass is 354 g/mol. The largest absolute Gasteiger partial charge is 0.356 e. The van der Waals surface area contributed by atoms with E-state index in [1.807, 2.05) is 38.1 Å². The molecule has 0 saturated carbocycles. The van der Waals surface area contributed by atoms with Crippen LogP contribution in [-0.2, 0) is 17.9 Å². The number of para-hydroxylation sites is 2. The fraction of sp³-hybridized carbons (Fsp3) is 0.529. The van der Waals surface area contributed by atoms with Gasteiger partial charge in [-0.15, -0.1) is 12.4 Å². The molecular formula is C17H27ClN4O2. The first-order valence-corrected chi connectivity index (χ1v) is 8.23. The third-order valence-electron chi connectivity index (χ3n) is 3.98. The number of nitrogens with zero attached hydrogens (tertiary/aromatic N) is 2. The van der Waals surface area contributed by atoms with E-state index >= 15 is 0 Å². The highest BCUT2D eigenvalue weighted by Crippen LogP contribution is 2.13. The number of aryl methyl sites for hydroxylation is 2. The number of nitrogens with two attached hydrogens (primary N) is 1. The van der Waals surface area contributed by atoms with E-state index in [0.717, 1.165) is 17.5 Å². The highest BCUT2D eigenvalue weighted by molar-refractivity contribution is 5.85. The number of hydrogen-bond donors (Lipinski definition) is 2. The Morgan fingerprint density at radius 1 is 1.21 bits per heavy atom. The zero-order valence-corrected chi connectivity index (χ0v) is 15.1. The molecule has 1 heterocycles. The lowest BCUT2D eigenvalue weighted by atomic mass is 10.2. The first-order chi connectivity index (χ1) is 11.1. The fourth-order valence-electron chi connectivity index (χ4n) is 2.60. The van der Waals surface area contributed by atoms with Crippen molar-refractivity contribution in [2.75, 3.05) is 13.1 Å². The van der Waals surface area contributed by atoms with Gasteiger partial charge in [-0.2, -0.15) is 0 Å². The van der Waals surface area contributed by atoms with Gasteiger partial charge in [-0.05, 0) is 31.0 Å². The lowest BCUT2D eigenvalue weighted by Gasteiger charge is -2.10. The average Bonchev–Trinajstić information content (AvgIpc) is 2.83. The second-order valence-electron chi connectivity index (χ2n) is 5.97. The van der Waals surface area contributed by atoms with E-state index in [4.69, 9.17) is 5.73 Å². The van der Waals surface area contributed by atoms with E-state index in [-0.39, 0.29) is 36.3 Å². The Hall–Kier alpha value is -1.79. The van der Waals surface area contributed by atoms with Crippen LogP contribution in [-0.4, -0.2) is 28.1 Å². The molecule has 134 valence electrons. The summed E-state index contributed by atoms with van der Waals surface area (Å²) < 4.78 is 3.47. The van der Waals surface area contributed by atoms with Crippen LogP contribution >= 0.6 is 12.4 Å². The minimum absolute atomic E-state index is 0. The van der Waals surface area contributed by atoms with Crippen molar-refractivity contribution in [1.29, 1.82) is 0 Å². The molecule has 1 aromatic heterocycles. The van der Waals surface area contributed by atoms with Crippen LogP contribution in [0.15, 0.2) is 29.1 Å². The highest BCUT2D eigenvalue weighted by Gasteiger charge is 2.13. The average molecular weight is 355 g/mol. The van der Waals surface area contributed by atoms with Crippen LogP contribution < -0.4 is 16.7 Å². The molecule has 7 heteroatoms. The van der Waals surface area contributed by atoms with Gasteiger partial charge < -0.3 is 11.1 Å². The lowest BCUT2D eigenvalue weighted by molar-refractivity contribution is -0.121. The summed E-state index contributed by atoms with van der Waals surface area (Å²) in [6, 6.07) is 7.72. The lowest BCUT2D eigenvalue weighted by Crippen LogP contribution is -2.32. The molecule has 0 aliphatic carbocycles. The smallest absolute Gasteiger partial charge is 0.329 e. The van der Waals surface area contributed by atoms with Gasteiger partial charge in [0.25, 0.3) is 0 Å². The maximum atomic E-state index is 12.6. The van der Waals surface area contributed by atoms with Crippen molar-refractivity contribution in [3.63, 3.8) is 0 Å². The van der Waals surface area contributed by atoms with Crippen LogP contribution in [0.5, 0.6) is 0 Å². The number of imidazole rings is 1. The molecule has 24 heavy (non-hydrogen) atoms. The van der Waals surface area contributed by atoms with Crippen LogP contribution in [0.2, 0.25) is 0 Å². The highest BCUT2D eigenvalue weighted by atomic mass is 35.5. The Morgan fingerprint density at radius 2 is 1.79 bits per heavy atom. The van der Waals surface area contributed by atoms with E-state index in [1.165, 1.54) is 0 Å². The van der Waals surface area contributed by atoms with Crippen molar-refractivity contribution in [3.05, 3.63) is 34.7 Å². The number of hydrogen-bond acceptors (Lipinski definition) is 3. The van der Waals surface area contributed by atoms with Crippen molar-refractivity contribution >= 4 is 29.3 Å². The summed E-state index contributed by atoms with van der Waals surface area (Å²) in [4.78, 5) is 24.5. The van der Waals surface area contributed by atoms with Crippen molar-refractivity contribution in [1.82, 2.24) is 14.5 Å². The maximum Gasteiger partial charge on any atom is 0.329 e. The summed E-state index contributed by atoms with van der Waals surface area (Å²) in [5, 5.41) is 2.86. The van der Waals surface area contributed by atoms with Crippen LogP contribution in [0, 0.1) is 5.92 Å². The second-order valence-corrected chi connectivity index (χ2v) is 5.97. The molecule has 0 radical (unpaired) electrons. The molecule has 0 saturated heterocycles. The van der Waals surface area contributed by atoms with Gasteiger partial charge in [-0.3, -0.25) is 13.9 Å². The van der Waals surface area contributed by atoms with E-state index in [1.54, 1.807) is 9.13 Å². The number of carbonyl (C=O) groups excluding carboxylic acids is 1. The molecule has 1 unspecified atom stereocenters. The summed E-state index contributed by atoms with van der Waals surface area (Å²) in [5.41, 5.74) is 7.30. The zero-order valence-electron chi connectivity index (χ0n) is 14.3. The van der Waals surface area contributed by atoms with E-state index in [2.05, 4.69) is 5.32 Å². The Bertz CT molecular complexity index is 723. The summed E-state index contributed by atoms with van der Waals surface area (Å²) in [6.07, 6.45) is 1.18. The third-order valence-corrected chi connectivity index (χ3v) is 3.98. The molecule has 3 N–H and O–H groups in total. The van der Waals surface area contributed by atoms with Crippen LogP contribution in [0.3, 0.4) is 0 Å². The molecule has 2 aromatic rings. The van der Waals surface area contributed by atoms with Gasteiger partial charge in [0, 0.05) is 26.1 Å². The molecule has 6 nitrogen and oxygen atoms in total. The SMILES string of the molecule is CCCn1c(=O)n(CCC(=O)NCC(C)CN)c2ccccc21.Cl. The predicted molar refractivity (Wildman–Crippen MR) is 99.6 cm³/mol. The van der Waals surface area contributed by atoms with Crippen LogP contribution in [0.4, 0.5) is 0 Å². The Kier molecular flexibility index (Phi) is 8.01. The Labute approximate surface area is 148 Å². The molecule has 2 rings (SSSR count). The Balaban J connectivity index is 0.00000288. The molecular weight excluding hydrogens is 328 g/mol. The molecule has 0 fully saturated rings. The predicted octanol–water partition coefficient (Wildman–Crippen LogP) is 1.74. The zero-order chi connectivity index (χ0) is 16.8. The number of amides is 1. The van der Waals surface area contributed by atoms with Gasteiger partial charge in [0.1, 0.15) is 0 Å². The number of benzene rings is 1. The molecule has 0 bridgehead atoms. The first-order valence-electron chi connectivity index (χ1n) is 8.23. The summed E-state index contributed by atoms with van der Waals surface area (Å²) in [5.74, 6) is 0.206. The molecule has 1 atom stereocenters. The van der Waals surface area contributed by atoms with Gasteiger partial charge in [-0.1, -0.05) is 26.0 Å². The fourth-order valence-corrected chi connectivity index (χ4v) is 2.60.